The Bertz CT molecular complexity index is 985. The van der Waals surface area contributed by atoms with Gasteiger partial charge >= 0.3 is 0 Å². The summed E-state index contributed by atoms with van der Waals surface area (Å²) in [4.78, 5) is 39.5. The third kappa shape index (κ3) is 5.11. The Morgan fingerprint density at radius 3 is 2.56 bits per heavy atom. The second-order valence-electron chi connectivity index (χ2n) is 5.80. The number of carbonyl (C=O) groups excluding carboxylic acids is 3. The van der Waals surface area contributed by atoms with E-state index >= 15 is 0 Å². The van der Waals surface area contributed by atoms with Crippen molar-refractivity contribution in [1.82, 2.24) is 10.3 Å². The molecule has 27 heavy (non-hydrogen) atoms. The molecule has 3 amide bonds. The summed E-state index contributed by atoms with van der Waals surface area (Å²) in [6.45, 7) is 1.68. The van der Waals surface area contributed by atoms with E-state index in [1.165, 1.54) is 18.3 Å². The van der Waals surface area contributed by atoms with Gasteiger partial charge < -0.3 is 16.0 Å². The normalized spacial score (nSPS) is 10.4. The molecule has 1 aromatic heterocycles. The second-order valence-corrected chi connectivity index (χ2v) is 6.83. The minimum absolute atomic E-state index is 0.144. The molecule has 3 aromatic rings. The highest BCUT2D eigenvalue weighted by atomic mass is 32.1. The number of rotatable bonds is 6. The number of aromatic nitrogens is 1. The summed E-state index contributed by atoms with van der Waals surface area (Å²) >= 11 is 1.32. The highest BCUT2D eigenvalue weighted by Crippen LogP contribution is 2.28. The van der Waals surface area contributed by atoms with Crippen LogP contribution in [0.4, 0.5) is 10.8 Å². The van der Waals surface area contributed by atoms with Crippen LogP contribution in [0.15, 0.2) is 48.5 Å². The first-order valence-electron chi connectivity index (χ1n) is 8.32. The minimum Gasteiger partial charge on any atom is -0.352 e. The number of carbonyl (C=O) groups is 3. The fraction of sp³-hybridized carbons (Fsp3) is 0.158. The zero-order valence-corrected chi connectivity index (χ0v) is 15.4. The quantitative estimate of drug-likeness (QED) is 0.610. The Morgan fingerprint density at radius 2 is 1.81 bits per heavy atom. The lowest BCUT2D eigenvalue weighted by atomic mass is 10.2. The van der Waals surface area contributed by atoms with Crippen LogP contribution in [0.25, 0.3) is 10.2 Å². The molecule has 0 aliphatic rings. The van der Waals surface area contributed by atoms with Crippen molar-refractivity contribution in [2.75, 3.05) is 17.2 Å². The lowest BCUT2D eigenvalue weighted by Gasteiger charge is -2.05. The summed E-state index contributed by atoms with van der Waals surface area (Å²) in [5.41, 5.74) is 1.97. The van der Waals surface area contributed by atoms with Crippen molar-refractivity contribution in [2.45, 2.75) is 13.3 Å². The van der Waals surface area contributed by atoms with E-state index in [0.717, 1.165) is 10.2 Å². The third-order valence-electron chi connectivity index (χ3n) is 3.63. The standard InChI is InChI=1S/C19H18N4O3S/c1-12(24)21-14-7-8-15-16(11-14)27-19(22-15)23-17(25)9-10-20-18(26)13-5-3-2-4-6-13/h2-8,11H,9-10H2,1H3,(H,20,26)(H,21,24)(H,22,23,25). The first kappa shape index (κ1) is 18.5. The number of fused-ring (bicyclic) bond motifs is 1. The molecule has 7 nitrogen and oxygen atoms in total. The predicted molar refractivity (Wildman–Crippen MR) is 106 cm³/mol. The largest absolute Gasteiger partial charge is 0.352 e. The fourth-order valence-electron chi connectivity index (χ4n) is 2.42. The Morgan fingerprint density at radius 1 is 1.04 bits per heavy atom. The Hall–Kier alpha value is -3.26. The van der Waals surface area contributed by atoms with Crippen molar-refractivity contribution in [3.8, 4) is 0 Å². The van der Waals surface area contributed by atoms with Crippen LogP contribution in [0.3, 0.4) is 0 Å². The summed E-state index contributed by atoms with van der Waals surface area (Å²) in [5, 5.41) is 8.63. The SMILES string of the molecule is CC(=O)Nc1ccc2nc(NC(=O)CCNC(=O)c3ccccc3)sc2c1. The van der Waals surface area contributed by atoms with Gasteiger partial charge in [0.1, 0.15) is 0 Å². The molecule has 0 aliphatic carbocycles. The lowest BCUT2D eigenvalue weighted by molar-refractivity contribution is -0.116. The van der Waals surface area contributed by atoms with Gasteiger partial charge in [0.2, 0.25) is 11.8 Å². The van der Waals surface area contributed by atoms with Gasteiger partial charge in [-0.1, -0.05) is 29.5 Å². The average molecular weight is 382 g/mol. The maximum absolute atomic E-state index is 12.1. The number of benzene rings is 2. The monoisotopic (exact) mass is 382 g/mol. The highest BCUT2D eigenvalue weighted by Gasteiger charge is 2.10. The number of amides is 3. The molecule has 0 fully saturated rings. The van der Waals surface area contributed by atoms with Gasteiger partial charge in [-0.05, 0) is 30.3 Å². The van der Waals surface area contributed by atoms with Crippen LogP contribution in [0.5, 0.6) is 0 Å². The van der Waals surface area contributed by atoms with Crippen molar-refractivity contribution in [3.05, 3.63) is 54.1 Å². The molecular formula is C19H18N4O3S. The van der Waals surface area contributed by atoms with Crippen molar-refractivity contribution >= 4 is 50.1 Å². The molecule has 0 unspecified atom stereocenters. The van der Waals surface area contributed by atoms with Crippen LogP contribution in [0, 0.1) is 0 Å². The van der Waals surface area contributed by atoms with Crippen molar-refractivity contribution < 1.29 is 14.4 Å². The van der Waals surface area contributed by atoms with Crippen molar-refractivity contribution in [3.63, 3.8) is 0 Å². The zero-order valence-electron chi connectivity index (χ0n) is 14.6. The first-order chi connectivity index (χ1) is 13.0. The summed E-state index contributed by atoms with van der Waals surface area (Å²) in [5.74, 6) is -0.594. The molecule has 3 rings (SSSR count). The predicted octanol–water partition coefficient (Wildman–Crippen LogP) is 3.01. The van der Waals surface area contributed by atoms with Crippen LogP contribution < -0.4 is 16.0 Å². The molecule has 0 atom stereocenters. The smallest absolute Gasteiger partial charge is 0.251 e. The first-order valence-corrected chi connectivity index (χ1v) is 9.14. The van der Waals surface area contributed by atoms with Gasteiger partial charge in [0, 0.05) is 31.1 Å². The molecule has 3 N–H and O–H groups in total. The number of anilines is 2. The van der Waals surface area contributed by atoms with Gasteiger partial charge in [0.25, 0.3) is 5.91 Å². The molecule has 0 bridgehead atoms. The molecule has 0 spiro atoms. The molecule has 0 aliphatic heterocycles. The van der Waals surface area contributed by atoms with Crippen LogP contribution in [-0.4, -0.2) is 29.3 Å². The molecule has 0 saturated heterocycles. The highest BCUT2D eigenvalue weighted by molar-refractivity contribution is 7.22. The summed E-state index contributed by atoms with van der Waals surface area (Å²) in [6, 6.07) is 14.2. The Balaban J connectivity index is 1.53. The van der Waals surface area contributed by atoms with Gasteiger partial charge in [-0.3, -0.25) is 14.4 Å². The van der Waals surface area contributed by atoms with Crippen LogP contribution in [0.2, 0.25) is 0 Å². The van der Waals surface area contributed by atoms with Gasteiger partial charge in [-0.2, -0.15) is 0 Å². The van der Waals surface area contributed by atoms with Crippen LogP contribution >= 0.6 is 11.3 Å². The summed E-state index contributed by atoms with van der Waals surface area (Å²) in [7, 11) is 0. The van der Waals surface area contributed by atoms with E-state index in [1.54, 1.807) is 36.4 Å². The minimum atomic E-state index is -0.232. The van der Waals surface area contributed by atoms with E-state index in [-0.39, 0.29) is 30.7 Å². The molecule has 1 heterocycles. The van der Waals surface area contributed by atoms with Crippen molar-refractivity contribution in [2.24, 2.45) is 0 Å². The van der Waals surface area contributed by atoms with Crippen molar-refractivity contribution in [1.29, 1.82) is 0 Å². The topological polar surface area (TPSA) is 100 Å². The number of nitrogens with one attached hydrogen (secondary N) is 3. The number of nitrogens with zero attached hydrogens (tertiary/aromatic N) is 1. The number of hydrogen-bond donors (Lipinski definition) is 3. The average Bonchev–Trinajstić information content (AvgIpc) is 3.03. The molecule has 2 aromatic carbocycles. The van der Waals surface area contributed by atoms with E-state index in [9.17, 15) is 14.4 Å². The number of thiazole rings is 1. The maximum Gasteiger partial charge on any atom is 0.251 e. The van der Waals surface area contributed by atoms with Gasteiger partial charge in [-0.25, -0.2) is 4.98 Å². The third-order valence-corrected chi connectivity index (χ3v) is 4.56. The molecular weight excluding hydrogens is 364 g/mol. The molecule has 8 heteroatoms. The van der Waals surface area contributed by atoms with E-state index in [0.29, 0.717) is 16.4 Å². The summed E-state index contributed by atoms with van der Waals surface area (Å²) in [6.07, 6.45) is 0.144. The lowest BCUT2D eigenvalue weighted by Crippen LogP contribution is -2.27. The van der Waals surface area contributed by atoms with E-state index < -0.39 is 0 Å². The van der Waals surface area contributed by atoms with Crippen LogP contribution in [0.1, 0.15) is 23.7 Å². The summed E-state index contributed by atoms with van der Waals surface area (Å²) < 4.78 is 0.855. The van der Waals surface area contributed by atoms with E-state index in [1.807, 2.05) is 12.1 Å². The van der Waals surface area contributed by atoms with Gasteiger partial charge in [0.15, 0.2) is 5.13 Å². The Kier molecular flexibility index (Phi) is 5.77. The Labute approximate surface area is 159 Å². The molecule has 0 saturated carbocycles. The maximum atomic E-state index is 12.1. The number of hydrogen-bond acceptors (Lipinski definition) is 5. The van der Waals surface area contributed by atoms with Gasteiger partial charge in [-0.15, -0.1) is 0 Å². The molecule has 138 valence electrons. The van der Waals surface area contributed by atoms with E-state index in [4.69, 9.17) is 0 Å². The van der Waals surface area contributed by atoms with E-state index in [2.05, 4.69) is 20.9 Å². The second kappa shape index (κ2) is 8.41. The zero-order chi connectivity index (χ0) is 19.2. The molecule has 0 radical (unpaired) electrons. The van der Waals surface area contributed by atoms with Gasteiger partial charge in [0.05, 0.1) is 10.2 Å². The fourth-order valence-corrected chi connectivity index (χ4v) is 3.34. The van der Waals surface area contributed by atoms with Crippen LogP contribution in [-0.2, 0) is 9.59 Å².